The van der Waals surface area contributed by atoms with Crippen LogP contribution in [0.25, 0.3) is 0 Å². The van der Waals surface area contributed by atoms with E-state index in [1.807, 2.05) is 13.1 Å². The summed E-state index contributed by atoms with van der Waals surface area (Å²) < 4.78 is 27.2. The minimum Gasteiger partial charge on any atom is -0.439 e. The van der Waals surface area contributed by atoms with Crippen molar-refractivity contribution in [3.63, 3.8) is 0 Å². The third-order valence-electron chi connectivity index (χ3n) is 1.64. The summed E-state index contributed by atoms with van der Waals surface area (Å²) in [5.74, 6) is 0. The summed E-state index contributed by atoms with van der Waals surface area (Å²) >= 11 is 0. The molecule has 0 aliphatic rings. The van der Waals surface area contributed by atoms with E-state index in [1.54, 1.807) is 0 Å². The second-order valence-corrected chi connectivity index (χ2v) is 12.7. The molecule has 0 aromatic rings. The first-order valence-corrected chi connectivity index (χ1v) is 12.1. The van der Waals surface area contributed by atoms with E-state index >= 15 is 0 Å². The van der Waals surface area contributed by atoms with Crippen LogP contribution in [0, 0.1) is 0 Å². The normalized spacial score (nSPS) is 12.8. The summed E-state index contributed by atoms with van der Waals surface area (Å²) in [4.78, 5) is 0. The molecule has 0 aromatic carbocycles. The molecule has 100 valence electrons. The molecule has 0 spiro atoms. The van der Waals surface area contributed by atoms with Crippen molar-refractivity contribution in [1.82, 2.24) is 0 Å². The van der Waals surface area contributed by atoms with Crippen molar-refractivity contribution in [2.24, 2.45) is 0 Å². The van der Waals surface area contributed by atoms with Crippen LogP contribution in [0.3, 0.4) is 0 Å². The van der Waals surface area contributed by atoms with Crippen molar-refractivity contribution < 1.29 is 21.5 Å². The number of hydrogen-bond acceptors (Lipinski definition) is 5. The van der Waals surface area contributed by atoms with Gasteiger partial charge in [0.2, 0.25) is 0 Å². The highest BCUT2D eigenvalue weighted by molar-refractivity contribution is 6.79. The molecule has 0 fully saturated rings. The van der Waals surface area contributed by atoms with Gasteiger partial charge >= 0.3 is 17.6 Å². The first kappa shape index (κ1) is 18.8. The Labute approximate surface area is 103 Å². The minimum absolute atomic E-state index is 0. The van der Waals surface area contributed by atoms with Crippen LogP contribution in [0.15, 0.2) is 0 Å². The van der Waals surface area contributed by atoms with Crippen molar-refractivity contribution in [3.8, 4) is 0 Å². The van der Waals surface area contributed by atoms with Gasteiger partial charge in [0, 0.05) is 21.3 Å². The van der Waals surface area contributed by atoms with E-state index in [0.29, 0.717) is 0 Å². The molecule has 0 radical (unpaired) electrons. The molecule has 0 rings (SSSR count). The average molecular weight is 287 g/mol. The van der Waals surface area contributed by atoms with Gasteiger partial charge in [0.05, 0.1) is 0 Å². The topological polar surface area (TPSA) is 46.2 Å². The molecule has 5 nitrogen and oxygen atoms in total. The van der Waals surface area contributed by atoms with Crippen LogP contribution >= 0.6 is 0 Å². The lowest BCUT2D eigenvalue weighted by Crippen LogP contribution is -2.56. The van der Waals surface area contributed by atoms with Crippen LogP contribution in [0.4, 0.5) is 0 Å². The maximum atomic E-state index is 5.85. The SMILES string of the molecule is C.CO[Si](OC)(OC)O[Si](C)(C)O[SiH](C)C. The Morgan fingerprint density at radius 2 is 1.25 bits per heavy atom. The number of hydrogen-bond donors (Lipinski definition) is 0. The predicted octanol–water partition coefficient (Wildman–Crippen LogP) is 1.72. The highest BCUT2D eigenvalue weighted by Gasteiger charge is 2.48. The lowest BCUT2D eigenvalue weighted by Gasteiger charge is -2.33. The molecule has 0 aliphatic heterocycles. The molecule has 8 heteroatoms. The largest absolute Gasteiger partial charge is 0.669 e. The molecule has 0 atom stereocenters. The van der Waals surface area contributed by atoms with E-state index < -0.39 is 26.6 Å². The van der Waals surface area contributed by atoms with Gasteiger partial charge in [-0.1, -0.05) is 7.43 Å². The average Bonchev–Trinajstić information content (AvgIpc) is 2.12. The quantitative estimate of drug-likeness (QED) is 0.667. The van der Waals surface area contributed by atoms with Gasteiger partial charge in [0.1, 0.15) is 0 Å². The Morgan fingerprint density at radius 3 is 1.50 bits per heavy atom. The third-order valence-corrected chi connectivity index (χ3v) is 10.3. The molecular weight excluding hydrogens is 260 g/mol. The molecule has 0 unspecified atom stereocenters. The molecule has 0 bridgehead atoms. The summed E-state index contributed by atoms with van der Waals surface area (Å²) in [5, 5.41) is 0. The highest BCUT2D eigenvalue weighted by Crippen LogP contribution is 2.18. The molecule has 0 N–H and O–H groups in total. The molecule has 0 amide bonds. The summed E-state index contributed by atoms with van der Waals surface area (Å²) in [7, 11) is -1.73. The van der Waals surface area contributed by atoms with Gasteiger partial charge in [-0.25, -0.2) is 0 Å². The van der Waals surface area contributed by atoms with Gasteiger partial charge in [-0.2, -0.15) is 0 Å². The fourth-order valence-electron chi connectivity index (χ4n) is 1.27. The lowest BCUT2D eigenvalue weighted by molar-refractivity contribution is 0.0415. The molecule has 16 heavy (non-hydrogen) atoms. The van der Waals surface area contributed by atoms with Gasteiger partial charge in [0.15, 0.2) is 9.04 Å². The number of rotatable bonds is 7. The van der Waals surface area contributed by atoms with Gasteiger partial charge in [-0.15, -0.1) is 0 Å². The van der Waals surface area contributed by atoms with Crippen molar-refractivity contribution >= 4 is 26.6 Å². The van der Waals surface area contributed by atoms with E-state index in [0.717, 1.165) is 0 Å². The second kappa shape index (κ2) is 7.71. The Bertz CT molecular complexity index is 176. The van der Waals surface area contributed by atoms with Gasteiger partial charge in [-0.05, 0) is 26.2 Å². The van der Waals surface area contributed by atoms with Crippen molar-refractivity contribution in [2.75, 3.05) is 21.3 Å². The van der Waals surface area contributed by atoms with E-state index in [2.05, 4.69) is 13.1 Å². The van der Waals surface area contributed by atoms with E-state index in [1.165, 1.54) is 21.3 Å². The summed E-state index contributed by atoms with van der Waals surface area (Å²) in [6, 6.07) is 0. The fraction of sp³-hybridized carbons (Fsp3) is 1.00. The predicted molar refractivity (Wildman–Crippen MR) is 72.0 cm³/mol. The molecule has 0 aliphatic carbocycles. The standard InChI is InChI=1S/C7H22O5Si3.CH4/c1-8-15(9-2,10-3)12-14(6,7)11-13(4)5;/h13H,1-7H3;1H4. The maximum Gasteiger partial charge on any atom is 0.669 e. The minimum atomic E-state index is -2.96. The Kier molecular flexibility index (Phi) is 9.07. The highest BCUT2D eigenvalue weighted by atomic mass is 28.5. The Balaban J connectivity index is 0. The fourth-order valence-corrected chi connectivity index (χ4v) is 10.3. The zero-order valence-corrected chi connectivity index (χ0v) is 13.8. The van der Waals surface area contributed by atoms with E-state index in [-0.39, 0.29) is 7.43 Å². The summed E-state index contributed by atoms with van der Waals surface area (Å²) in [6.07, 6.45) is 0. The Hall–Kier alpha value is 0.451. The van der Waals surface area contributed by atoms with Crippen LogP contribution in [-0.4, -0.2) is 48.0 Å². The van der Waals surface area contributed by atoms with Crippen LogP contribution in [0.2, 0.25) is 26.2 Å². The zero-order chi connectivity index (χ0) is 12.1. The summed E-state index contributed by atoms with van der Waals surface area (Å²) in [6.45, 7) is 8.15. The van der Waals surface area contributed by atoms with Crippen molar-refractivity contribution in [1.29, 1.82) is 0 Å². The van der Waals surface area contributed by atoms with Gasteiger partial charge < -0.3 is 21.5 Å². The molecule has 0 aromatic heterocycles. The van der Waals surface area contributed by atoms with Crippen LogP contribution in [0.5, 0.6) is 0 Å². The van der Waals surface area contributed by atoms with Gasteiger partial charge in [-0.3, -0.25) is 0 Å². The van der Waals surface area contributed by atoms with Gasteiger partial charge in [0.25, 0.3) is 0 Å². The molecule has 0 saturated carbocycles. The lowest BCUT2D eigenvalue weighted by atomic mass is 11.8. The molecular formula is C8H26O5Si3. The third kappa shape index (κ3) is 6.25. The van der Waals surface area contributed by atoms with Crippen LogP contribution < -0.4 is 0 Å². The van der Waals surface area contributed by atoms with Crippen molar-refractivity contribution in [2.45, 2.75) is 33.6 Å². The second-order valence-electron chi connectivity index (χ2n) is 3.78. The smallest absolute Gasteiger partial charge is 0.439 e. The Morgan fingerprint density at radius 1 is 0.875 bits per heavy atom. The first-order valence-electron chi connectivity index (χ1n) is 4.84. The van der Waals surface area contributed by atoms with Crippen LogP contribution in [-0.2, 0) is 21.5 Å². The molecule has 0 heterocycles. The maximum absolute atomic E-state index is 5.85. The zero-order valence-electron chi connectivity index (χ0n) is 10.6. The summed E-state index contributed by atoms with van der Waals surface area (Å²) in [5.41, 5.74) is 0. The van der Waals surface area contributed by atoms with E-state index in [4.69, 9.17) is 21.5 Å². The first-order chi connectivity index (χ1) is 6.81. The van der Waals surface area contributed by atoms with E-state index in [9.17, 15) is 0 Å². The van der Waals surface area contributed by atoms with Crippen molar-refractivity contribution in [3.05, 3.63) is 0 Å². The van der Waals surface area contributed by atoms with Crippen LogP contribution in [0.1, 0.15) is 7.43 Å². The monoisotopic (exact) mass is 286 g/mol. The molecule has 0 saturated heterocycles.